The van der Waals surface area contributed by atoms with E-state index >= 15 is 0 Å². The van der Waals surface area contributed by atoms with Gasteiger partial charge in [-0.3, -0.25) is 0 Å². The maximum Gasteiger partial charge on any atom is 0.129 e. The van der Waals surface area contributed by atoms with Crippen LogP contribution in [0.1, 0.15) is 19.4 Å². The zero-order valence-electron chi connectivity index (χ0n) is 14.8. The Morgan fingerprint density at radius 1 is 1.04 bits per heavy atom. The van der Waals surface area contributed by atoms with Crippen LogP contribution in [0.5, 0.6) is 0 Å². The molecule has 0 spiro atoms. The van der Waals surface area contributed by atoms with Crippen LogP contribution in [-0.2, 0) is 0 Å². The number of nitrogens with zero attached hydrogens (tertiary/aromatic N) is 4. The fraction of sp³-hybridized carbons (Fsp3) is 0.250. The van der Waals surface area contributed by atoms with Gasteiger partial charge in [-0.15, -0.1) is 0 Å². The van der Waals surface area contributed by atoms with E-state index in [1.54, 1.807) is 0 Å². The van der Waals surface area contributed by atoms with Crippen LogP contribution in [0.25, 0.3) is 6.08 Å². The van der Waals surface area contributed by atoms with Crippen LogP contribution in [0.15, 0.2) is 52.3 Å². The molecule has 0 saturated carbocycles. The summed E-state index contributed by atoms with van der Waals surface area (Å²) in [6, 6.07) is 14.2. The van der Waals surface area contributed by atoms with Gasteiger partial charge in [0, 0.05) is 19.8 Å². The molecule has 122 valence electrons. The lowest BCUT2D eigenvalue weighted by Crippen LogP contribution is -2.10. The average molecular weight is 342 g/mol. The molecule has 2 radical (unpaired) electrons. The van der Waals surface area contributed by atoms with Crippen molar-refractivity contribution in [1.29, 1.82) is 15.8 Å². The van der Waals surface area contributed by atoms with Gasteiger partial charge in [0.25, 0.3) is 0 Å². The number of nitriles is 3. The lowest BCUT2D eigenvalue weighted by atomic mass is 9.95. The first-order chi connectivity index (χ1) is 11.8. The molecule has 0 saturated heterocycles. The van der Waals surface area contributed by atoms with E-state index < -0.39 is 0 Å². The Morgan fingerprint density at radius 3 is 2.12 bits per heavy atom. The van der Waals surface area contributed by atoms with Crippen molar-refractivity contribution in [3.8, 4) is 18.2 Å². The van der Waals surface area contributed by atoms with Gasteiger partial charge in [-0.05, 0) is 33.5 Å². The summed E-state index contributed by atoms with van der Waals surface area (Å²) in [6.45, 7) is 4.08. The lowest BCUT2D eigenvalue weighted by molar-refractivity contribution is 0.821. The lowest BCUT2D eigenvalue weighted by Gasteiger charge is -2.18. The molecule has 0 N–H and O–H groups in total. The van der Waals surface area contributed by atoms with E-state index in [9.17, 15) is 5.26 Å². The van der Waals surface area contributed by atoms with Gasteiger partial charge in [-0.1, -0.05) is 38.1 Å². The molecule has 0 atom stereocenters. The van der Waals surface area contributed by atoms with Crippen molar-refractivity contribution < 1.29 is 0 Å². The van der Waals surface area contributed by atoms with E-state index in [0.29, 0.717) is 10.8 Å². The second-order valence-electron chi connectivity index (χ2n) is 6.44. The summed E-state index contributed by atoms with van der Waals surface area (Å²) in [7, 11) is 4.22. The van der Waals surface area contributed by atoms with Crippen molar-refractivity contribution in [2.45, 2.75) is 18.9 Å². The molecule has 1 aliphatic rings. The van der Waals surface area contributed by atoms with Gasteiger partial charge in [0.1, 0.15) is 17.7 Å². The molecule has 0 aromatic heterocycles. The third-order valence-electron chi connectivity index (χ3n) is 4.07. The standard InChI is InChI=1S/C20H18N4Si/c1-20(2)18(17(13-23)19(25-20)15(11-21)12-22)10-7-14-5-8-16(9-6-14)24(3)4/h5-10H,1-4H3/b10-7+. The van der Waals surface area contributed by atoms with Crippen LogP contribution >= 0.6 is 0 Å². The van der Waals surface area contributed by atoms with Crippen molar-refractivity contribution in [1.82, 2.24) is 0 Å². The molecule has 0 aliphatic carbocycles. The third-order valence-corrected chi connectivity index (χ3v) is 5.71. The SMILES string of the molecule is CN(C)c1ccc(/C=C/C2=C(C#N)C(=C(C#N)C#N)[Si]C2(C)C)cc1. The highest BCUT2D eigenvalue weighted by Gasteiger charge is 2.37. The molecule has 1 aromatic carbocycles. The molecule has 1 aliphatic heterocycles. The molecule has 4 nitrogen and oxygen atoms in total. The normalized spacial score (nSPS) is 15.6. The molecule has 0 fully saturated rings. The summed E-state index contributed by atoms with van der Waals surface area (Å²) in [5.41, 5.74) is 3.54. The van der Waals surface area contributed by atoms with Crippen molar-refractivity contribution in [2.24, 2.45) is 0 Å². The second-order valence-corrected chi connectivity index (χ2v) is 8.44. The summed E-state index contributed by atoms with van der Waals surface area (Å²) in [4.78, 5) is 2.04. The maximum absolute atomic E-state index is 9.58. The highest BCUT2D eigenvalue weighted by Crippen LogP contribution is 2.46. The summed E-state index contributed by atoms with van der Waals surface area (Å²) in [6.07, 6.45) is 3.91. The van der Waals surface area contributed by atoms with Gasteiger partial charge < -0.3 is 4.90 Å². The molecule has 5 heteroatoms. The first-order valence-electron chi connectivity index (χ1n) is 7.77. The summed E-state index contributed by atoms with van der Waals surface area (Å²) in [5, 5.41) is 28.2. The van der Waals surface area contributed by atoms with E-state index in [4.69, 9.17) is 10.5 Å². The zero-order chi connectivity index (χ0) is 18.6. The van der Waals surface area contributed by atoms with Crippen LogP contribution in [0.4, 0.5) is 5.69 Å². The Kier molecular flexibility index (Phi) is 5.28. The number of benzene rings is 1. The topological polar surface area (TPSA) is 74.6 Å². The zero-order valence-corrected chi connectivity index (χ0v) is 15.8. The van der Waals surface area contributed by atoms with Crippen LogP contribution in [-0.4, -0.2) is 23.6 Å². The molecule has 0 unspecified atom stereocenters. The summed E-state index contributed by atoms with van der Waals surface area (Å²) in [5.74, 6) is 0. The van der Waals surface area contributed by atoms with E-state index in [2.05, 4.69) is 6.07 Å². The van der Waals surface area contributed by atoms with Gasteiger partial charge in [0.2, 0.25) is 0 Å². The molecule has 1 heterocycles. The number of rotatable bonds is 3. The number of allylic oxidation sites excluding steroid dienone is 5. The molecule has 0 bridgehead atoms. The Balaban J connectivity index is 2.47. The van der Waals surface area contributed by atoms with Crippen LogP contribution < -0.4 is 4.90 Å². The molecule has 25 heavy (non-hydrogen) atoms. The molecule has 2 rings (SSSR count). The van der Waals surface area contributed by atoms with Crippen molar-refractivity contribution in [2.75, 3.05) is 19.0 Å². The van der Waals surface area contributed by atoms with Gasteiger partial charge >= 0.3 is 0 Å². The minimum Gasteiger partial charge on any atom is -0.378 e. The molecular weight excluding hydrogens is 324 g/mol. The van der Waals surface area contributed by atoms with E-state index in [-0.39, 0.29) is 20.1 Å². The van der Waals surface area contributed by atoms with Crippen molar-refractivity contribution in [3.63, 3.8) is 0 Å². The van der Waals surface area contributed by atoms with Gasteiger partial charge in [-0.2, -0.15) is 15.8 Å². The third kappa shape index (κ3) is 3.71. The molecular formula is C20H18N4Si. The van der Waals surface area contributed by atoms with E-state index in [0.717, 1.165) is 16.8 Å². The number of hydrogen-bond donors (Lipinski definition) is 0. The summed E-state index contributed by atoms with van der Waals surface area (Å²) < 4.78 is 0. The maximum atomic E-state index is 9.58. The minimum absolute atomic E-state index is 0.0432. The van der Waals surface area contributed by atoms with Crippen LogP contribution in [0.3, 0.4) is 0 Å². The predicted octanol–water partition coefficient (Wildman–Crippen LogP) is 3.80. The first kappa shape index (κ1) is 18.3. The largest absolute Gasteiger partial charge is 0.378 e. The van der Waals surface area contributed by atoms with Gasteiger partial charge in [0.05, 0.1) is 21.2 Å². The summed E-state index contributed by atoms with van der Waals surface area (Å²) >= 11 is 0. The fourth-order valence-electron chi connectivity index (χ4n) is 2.68. The van der Waals surface area contributed by atoms with Crippen LogP contribution in [0.2, 0.25) is 5.04 Å². The number of hydrogen-bond acceptors (Lipinski definition) is 4. The van der Waals surface area contributed by atoms with Crippen molar-refractivity contribution >= 4 is 21.3 Å². The molecule has 1 aromatic rings. The Bertz CT molecular complexity index is 879. The highest BCUT2D eigenvalue weighted by molar-refractivity contribution is 6.54. The quantitative estimate of drug-likeness (QED) is 0.618. The Labute approximate surface area is 151 Å². The second kappa shape index (κ2) is 7.22. The average Bonchev–Trinajstić information content (AvgIpc) is 2.84. The Morgan fingerprint density at radius 2 is 1.64 bits per heavy atom. The van der Waals surface area contributed by atoms with Crippen LogP contribution in [0, 0.1) is 34.0 Å². The number of anilines is 1. The highest BCUT2D eigenvalue weighted by atomic mass is 28.2. The Hall–Kier alpha value is -3.07. The van der Waals surface area contributed by atoms with E-state index in [1.807, 2.05) is 81.4 Å². The predicted molar refractivity (Wildman–Crippen MR) is 100 cm³/mol. The monoisotopic (exact) mass is 342 g/mol. The fourth-order valence-corrected chi connectivity index (χ4v) is 4.21. The smallest absolute Gasteiger partial charge is 0.129 e. The van der Waals surface area contributed by atoms with Crippen molar-refractivity contribution in [3.05, 3.63) is 57.8 Å². The first-order valence-corrected chi connectivity index (χ1v) is 8.77. The van der Waals surface area contributed by atoms with E-state index in [1.165, 1.54) is 0 Å². The van der Waals surface area contributed by atoms with Gasteiger partial charge in [0.15, 0.2) is 0 Å². The minimum atomic E-state index is -0.264. The molecule has 0 amide bonds. The van der Waals surface area contributed by atoms with Gasteiger partial charge in [-0.25, -0.2) is 0 Å².